The first-order valence-corrected chi connectivity index (χ1v) is 8.69. The van der Waals surface area contributed by atoms with Gasteiger partial charge >= 0.3 is 0 Å². The van der Waals surface area contributed by atoms with E-state index in [1.807, 2.05) is 18.5 Å². The predicted molar refractivity (Wildman–Crippen MR) is 113 cm³/mol. The topological polar surface area (TPSA) is 63.5 Å². The minimum Gasteiger partial charge on any atom is -0.373 e. The van der Waals surface area contributed by atoms with Crippen LogP contribution in [-0.2, 0) is 11.3 Å². The molecule has 0 aliphatic carbocycles. The summed E-state index contributed by atoms with van der Waals surface area (Å²) < 4.78 is 7.99. The molecule has 25 heavy (non-hydrogen) atoms. The summed E-state index contributed by atoms with van der Waals surface area (Å²) in [6, 6.07) is 8.22. The van der Waals surface area contributed by atoms with E-state index in [1.165, 1.54) is 5.52 Å². The molecule has 1 atom stereocenters. The second-order valence-electron chi connectivity index (χ2n) is 6.53. The van der Waals surface area contributed by atoms with Crippen LogP contribution in [0.5, 0.6) is 0 Å². The van der Waals surface area contributed by atoms with Crippen molar-refractivity contribution in [3.8, 4) is 0 Å². The van der Waals surface area contributed by atoms with Gasteiger partial charge in [-0.15, -0.1) is 24.0 Å². The molecule has 1 aromatic carbocycles. The fourth-order valence-electron chi connectivity index (χ4n) is 3.11. The number of aromatic nitrogens is 2. The maximum atomic E-state index is 5.80. The van der Waals surface area contributed by atoms with Crippen LogP contribution in [-0.4, -0.2) is 47.9 Å². The van der Waals surface area contributed by atoms with Gasteiger partial charge in [-0.3, -0.25) is 4.99 Å². The number of ether oxygens (including phenoxy) is 1. The van der Waals surface area contributed by atoms with Crippen LogP contribution in [0, 0.1) is 0 Å². The summed E-state index contributed by atoms with van der Waals surface area (Å²) in [5.41, 5.74) is 2.17. The smallest absolute Gasteiger partial charge is 0.191 e. The van der Waals surface area contributed by atoms with Crippen LogP contribution in [0.2, 0.25) is 0 Å². The standard InChI is InChI=1S/C18H27N5O.HI/c1-18(9-5-12-24-18)13-21-17(19-2)20-10-6-11-23-14-22-15-7-3-4-8-16(15)23;/h3-4,7-8,14H,5-6,9-13H2,1-2H3,(H2,19,20,21);1H. The molecule has 0 spiro atoms. The van der Waals surface area contributed by atoms with E-state index in [1.54, 1.807) is 7.05 Å². The zero-order valence-electron chi connectivity index (χ0n) is 15.0. The molecule has 2 aromatic rings. The molecule has 3 rings (SSSR count). The van der Waals surface area contributed by atoms with E-state index in [-0.39, 0.29) is 29.6 Å². The lowest BCUT2D eigenvalue weighted by atomic mass is 10.0. The Kier molecular flexibility index (Phi) is 7.49. The van der Waals surface area contributed by atoms with Crippen molar-refractivity contribution in [1.29, 1.82) is 0 Å². The quantitative estimate of drug-likeness (QED) is 0.303. The van der Waals surface area contributed by atoms with Crippen molar-refractivity contribution in [2.24, 2.45) is 4.99 Å². The third-order valence-corrected chi connectivity index (χ3v) is 4.55. The van der Waals surface area contributed by atoms with Crippen molar-refractivity contribution in [3.63, 3.8) is 0 Å². The second-order valence-corrected chi connectivity index (χ2v) is 6.53. The molecule has 0 saturated carbocycles. The number of nitrogens with one attached hydrogen (secondary N) is 2. The van der Waals surface area contributed by atoms with Crippen molar-refractivity contribution in [2.45, 2.75) is 38.3 Å². The fraction of sp³-hybridized carbons (Fsp3) is 0.556. The molecular formula is C18H28IN5O. The first kappa shape index (κ1) is 20.0. The van der Waals surface area contributed by atoms with E-state index in [4.69, 9.17) is 4.74 Å². The first-order chi connectivity index (χ1) is 11.7. The summed E-state index contributed by atoms with van der Waals surface area (Å²) >= 11 is 0. The van der Waals surface area contributed by atoms with Crippen molar-refractivity contribution in [2.75, 3.05) is 26.7 Å². The molecule has 1 unspecified atom stereocenters. The van der Waals surface area contributed by atoms with Gasteiger partial charge in [-0.05, 0) is 38.3 Å². The SMILES string of the molecule is CN=C(NCCCn1cnc2ccccc21)NCC1(C)CCCO1.I. The number of fused-ring (bicyclic) bond motifs is 1. The molecule has 1 fully saturated rings. The highest BCUT2D eigenvalue weighted by molar-refractivity contribution is 14.0. The fourth-order valence-corrected chi connectivity index (χ4v) is 3.11. The van der Waals surface area contributed by atoms with Gasteiger partial charge in [0.2, 0.25) is 0 Å². The van der Waals surface area contributed by atoms with Crippen molar-refractivity contribution >= 4 is 41.0 Å². The average Bonchev–Trinajstić information content (AvgIpc) is 3.21. The van der Waals surface area contributed by atoms with Crippen LogP contribution in [0.15, 0.2) is 35.6 Å². The average molecular weight is 457 g/mol. The Morgan fingerprint density at radius 3 is 2.96 bits per heavy atom. The monoisotopic (exact) mass is 457 g/mol. The third kappa shape index (κ3) is 5.31. The van der Waals surface area contributed by atoms with E-state index in [0.717, 1.165) is 57.0 Å². The van der Waals surface area contributed by atoms with Crippen LogP contribution in [0.25, 0.3) is 11.0 Å². The summed E-state index contributed by atoms with van der Waals surface area (Å²) in [5, 5.41) is 6.74. The minimum atomic E-state index is -0.0622. The van der Waals surface area contributed by atoms with Gasteiger partial charge in [-0.2, -0.15) is 0 Å². The Bertz CT molecular complexity index is 694. The molecule has 1 aromatic heterocycles. The van der Waals surface area contributed by atoms with Crippen LogP contribution in [0.4, 0.5) is 0 Å². The van der Waals surface area contributed by atoms with E-state index < -0.39 is 0 Å². The zero-order valence-corrected chi connectivity index (χ0v) is 17.3. The number of aryl methyl sites for hydroxylation is 1. The van der Waals surface area contributed by atoms with Crippen LogP contribution < -0.4 is 10.6 Å². The Morgan fingerprint density at radius 1 is 1.36 bits per heavy atom. The molecule has 1 aliphatic heterocycles. The number of nitrogens with zero attached hydrogens (tertiary/aromatic N) is 3. The van der Waals surface area contributed by atoms with Gasteiger partial charge in [-0.1, -0.05) is 12.1 Å². The van der Waals surface area contributed by atoms with Gasteiger partial charge in [0.1, 0.15) is 0 Å². The summed E-state index contributed by atoms with van der Waals surface area (Å²) in [7, 11) is 1.80. The predicted octanol–water partition coefficient (Wildman–Crippen LogP) is 2.78. The molecule has 6 nitrogen and oxygen atoms in total. The number of para-hydroxylation sites is 2. The highest BCUT2D eigenvalue weighted by Crippen LogP contribution is 2.23. The molecule has 0 radical (unpaired) electrons. The van der Waals surface area contributed by atoms with Crippen molar-refractivity contribution < 1.29 is 4.74 Å². The lowest BCUT2D eigenvalue weighted by Crippen LogP contribution is -2.45. The Balaban J connectivity index is 0.00000225. The molecule has 2 N–H and O–H groups in total. The maximum Gasteiger partial charge on any atom is 0.191 e. The van der Waals surface area contributed by atoms with Gasteiger partial charge in [0.25, 0.3) is 0 Å². The molecule has 7 heteroatoms. The number of rotatable bonds is 6. The number of hydrogen-bond acceptors (Lipinski definition) is 3. The van der Waals surface area contributed by atoms with Crippen molar-refractivity contribution in [1.82, 2.24) is 20.2 Å². The third-order valence-electron chi connectivity index (χ3n) is 4.55. The lowest BCUT2D eigenvalue weighted by Gasteiger charge is -2.24. The number of guanidine groups is 1. The maximum absolute atomic E-state index is 5.80. The highest BCUT2D eigenvalue weighted by Gasteiger charge is 2.29. The first-order valence-electron chi connectivity index (χ1n) is 8.69. The Hall–Kier alpha value is -1.35. The summed E-state index contributed by atoms with van der Waals surface area (Å²) in [6.45, 7) is 5.61. The summed E-state index contributed by atoms with van der Waals surface area (Å²) in [5.74, 6) is 0.835. The van der Waals surface area contributed by atoms with Gasteiger partial charge < -0.3 is 19.9 Å². The molecule has 138 valence electrons. The number of halogens is 1. The zero-order chi connectivity index (χ0) is 16.8. The molecule has 0 bridgehead atoms. The Morgan fingerprint density at radius 2 is 2.20 bits per heavy atom. The molecule has 0 amide bonds. The van der Waals surface area contributed by atoms with Crippen LogP contribution in [0.3, 0.4) is 0 Å². The van der Waals surface area contributed by atoms with Crippen LogP contribution in [0.1, 0.15) is 26.2 Å². The largest absolute Gasteiger partial charge is 0.373 e. The van der Waals surface area contributed by atoms with Gasteiger partial charge in [0, 0.05) is 33.3 Å². The van der Waals surface area contributed by atoms with Gasteiger partial charge in [0.15, 0.2) is 5.96 Å². The van der Waals surface area contributed by atoms with Crippen LogP contribution >= 0.6 is 24.0 Å². The van der Waals surface area contributed by atoms with E-state index in [0.29, 0.717) is 0 Å². The molecule has 2 heterocycles. The molecule has 1 saturated heterocycles. The summed E-state index contributed by atoms with van der Waals surface area (Å²) in [6.07, 6.45) is 5.17. The highest BCUT2D eigenvalue weighted by atomic mass is 127. The minimum absolute atomic E-state index is 0. The number of hydrogen-bond donors (Lipinski definition) is 2. The number of imidazole rings is 1. The van der Waals surface area contributed by atoms with E-state index in [9.17, 15) is 0 Å². The second kappa shape index (κ2) is 9.38. The lowest BCUT2D eigenvalue weighted by molar-refractivity contribution is 0.0243. The van der Waals surface area contributed by atoms with E-state index in [2.05, 4.69) is 44.2 Å². The normalized spacial score (nSPS) is 20.5. The van der Waals surface area contributed by atoms with E-state index >= 15 is 0 Å². The van der Waals surface area contributed by atoms with Crippen molar-refractivity contribution in [3.05, 3.63) is 30.6 Å². The van der Waals surface area contributed by atoms with Gasteiger partial charge in [-0.25, -0.2) is 4.98 Å². The summed E-state index contributed by atoms with van der Waals surface area (Å²) in [4.78, 5) is 8.71. The Labute approximate surface area is 166 Å². The van der Waals surface area contributed by atoms with Gasteiger partial charge in [0.05, 0.1) is 23.0 Å². The number of aliphatic imine (C=N–C) groups is 1. The molecule has 1 aliphatic rings. The number of benzene rings is 1. The molecular weight excluding hydrogens is 429 g/mol.